The normalized spacial score (nSPS) is 17.2. The van der Waals surface area contributed by atoms with Crippen molar-refractivity contribution in [1.82, 2.24) is 4.57 Å². The number of benzene rings is 2. The maximum Gasteiger partial charge on any atom is 0.495 e. The Hall–Kier alpha value is -2.90. The summed E-state index contributed by atoms with van der Waals surface area (Å²) in [5.41, 5.74) is 1.85. The third-order valence-electron chi connectivity index (χ3n) is 6.50. The zero-order valence-electron chi connectivity index (χ0n) is 18.7. The molecule has 2 heterocycles. The second-order valence-corrected chi connectivity index (χ2v) is 8.87. The van der Waals surface area contributed by atoms with Crippen molar-refractivity contribution < 1.29 is 18.8 Å². The minimum atomic E-state index is -0.517. The van der Waals surface area contributed by atoms with E-state index in [9.17, 15) is 9.59 Å². The van der Waals surface area contributed by atoms with E-state index in [0.717, 1.165) is 23.0 Å². The fourth-order valence-corrected chi connectivity index (χ4v) is 3.88. The lowest BCUT2D eigenvalue weighted by molar-refractivity contribution is 0.00578. The lowest BCUT2D eigenvalue weighted by Gasteiger charge is -2.32. The standard InChI is InChI=1S/C24H26BNO5/c1-15-19(25-30-23(2,3)24(4,5)31-25)8-7-9-20(15)26-11-10-16-12-17(14-27)21(29-6)13-18(16)22(26)28/h7-14H,1-6H3. The number of ether oxygens (including phenoxy) is 1. The first-order valence-electron chi connectivity index (χ1n) is 10.2. The van der Waals surface area contributed by atoms with Gasteiger partial charge >= 0.3 is 7.12 Å². The van der Waals surface area contributed by atoms with Crippen LogP contribution in [0.25, 0.3) is 16.5 Å². The zero-order valence-corrected chi connectivity index (χ0v) is 18.7. The molecule has 6 nitrogen and oxygen atoms in total. The second-order valence-electron chi connectivity index (χ2n) is 8.87. The second kappa shape index (κ2) is 7.36. The van der Waals surface area contributed by atoms with E-state index in [1.807, 2.05) is 58.9 Å². The number of methoxy groups -OCH3 is 1. The number of hydrogen-bond acceptors (Lipinski definition) is 5. The first-order valence-corrected chi connectivity index (χ1v) is 10.2. The molecule has 0 radical (unpaired) electrons. The van der Waals surface area contributed by atoms with E-state index in [0.29, 0.717) is 22.1 Å². The number of rotatable bonds is 4. The molecule has 0 atom stereocenters. The Kier molecular flexibility index (Phi) is 5.07. The van der Waals surface area contributed by atoms with Gasteiger partial charge in [-0.2, -0.15) is 0 Å². The van der Waals surface area contributed by atoms with Crippen LogP contribution in [0.1, 0.15) is 43.6 Å². The lowest BCUT2D eigenvalue weighted by Crippen LogP contribution is -2.41. The highest BCUT2D eigenvalue weighted by Gasteiger charge is 2.52. The summed E-state index contributed by atoms with van der Waals surface area (Å²) in [5, 5.41) is 1.16. The number of carbonyl (C=O) groups excluding carboxylic acids is 1. The molecule has 0 N–H and O–H groups in total. The lowest BCUT2D eigenvalue weighted by atomic mass is 9.76. The molecule has 31 heavy (non-hydrogen) atoms. The van der Waals surface area contributed by atoms with Crippen LogP contribution in [0.4, 0.5) is 0 Å². The molecule has 2 aromatic carbocycles. The van der Waals surface area contributed by atoms with Gasteiger partial charge < -0.3 is 14.0 Å². The minimum absolute atomic E-state index is 0.192. The van der Waals surface area contributed by atoms with Gasteiger partial charge in [-0.1, -0.05) is 12.1 Å². The number of carbonyl (C=O) groups is 1. The highest BCUT2D eigenvalue weighted by atomic mass is 16.7. The molecular weight excluding hydrogens is 393 g/mol. The van der Waals surface area contributed by atoms with Gasteiger partial charge in [-0.05, 0) is 75.3 Å². The van der Waals surface area contributed by atoms with Crippen molar-refractivity contribution in [3.8, 4) is 11.4 Å². The molecule has 0 amide bonds. The fourth-order valence-electron chi connectivity index (χ4n) is 3.88. The van der Waals surface area contributed by atoms with Gasteiger partial charge in [-0.15, -0.1) is 0 Å². The van der Waals surface area contributed by atoms with Crippen LogP contribution in [0.2, 0.25) is 0 Å². The largest absolute Gasteiger partial charge is 0.496 e. The molecule has 160 valence electrons. The van der Waals surface area contributed by atoms with Gasteiger partial charge in [0.15, 0.2) is 6.29 Å². The number of pyridine rings is 1. The van der Waals surface area contributed by atoms with Crippen LogP contribution in [0.3, 0.4) is 0 Å². The Morgan fingerprint density at radius 3 is 2.35 bits per heavy atom. The van der Waals surface area contributed by atoms with E-state index in [4.69, 9.17) is 14.0 Å². The molecule has 1 aliphatic rings. The van der Waals surface area contributed by atoms with E-state index in [-0.39, 0.29) is 5.56 Å². The summed E-state index contributed by atoms with van der Waals surface area (Å²) in [7, 11) is 0.963. The molecule has 4 rings (SSSR count). The third-order valence-corrected chi connectivity index (χ3v) is 6.50. The van der Waals surface area contributed by atoms with Crippen molar-refractivity contribution in [2.45, 2.75) is 45.8 Å². The Balaban J connectivity index is 1.84. The zero-order chi connectivity index (χ0) is 22.6. The molecule has 0 spiro atoms. The summed E-state index contributed by atoms with van der Waals surface area (Å²) in [6.07, 6.45) is 2.45. The maximum atomic E-state index is 13.3. The van der Waals surface area contributed by atoms with Crippen LogP contribution >= 0.6 is 0 Å². The SMILES string of the molecule is COc1cc2c(=O)n(-c3cccc(B4OC(C)(C)C(C)(C)O4)c3C)ccc2cc1C=O. The highest BCUT2D eigenvalue weighted by Crippen LogP contribution is 2.37. The molecule has 0 bridgehead atoms. The fraction of sp³-hybridized carbons (Fsp3) is 0.333. The van der Waals surface area contributed by atoms with Crippen LogP contribution < -0.4 is 15.8 Å². The van der Waals surface area contributed by atoms with E-state index in [2.05, 4.69) is 0 Å². The number of aromatic nitrogens is 1. The first-order chi connectivity index (χ1) is 14.6. The Morgan fingerprint density at radius 2 is 1.74 bits per heavy atom. The predicted octanol–water partition coefficient (Wildman–Crippen LogP) is 3.42. The van der Waals surface area contributed by atoms with E-state index < -0.39 is 18.3 Å². The number of aldehydes is 1. The van der Waals surface area contributed by atoms with Crippen LogP contribution in [0.5, 0.6) is 5.75 Å². The van der Waals surface area contributed by atoms with Crippen molar-refractivity contribution in [2.24, 2.45) is 0 Å². The van der Waals surface area contributed by atoms with Gasteiger partial charge in [0.1, 0.15) is 5.75 Å². The van der Waals surface area contributed by atoms with Crippen molar-refractivity contribution in [2.75, 3.05) is 7.11 Å². The predicted molar refractivity (Wildman–Crippen MR) is 122 cm³/mol. The Morgan fingerprint density at radius 1 is 1.06 bits per heavy atom. The summed E-state index contributed by atoms with van der Waals surface area (Å²) in [5.74, 6) is 0.375. The smallest absolute Gasteiger partial charge is 0.495 e. The molecule has 7 heteroatoms. The molecule has 1 fully saturated rings. The van der Waals surface area contributed by atoms with E-state index >= 15 is 0 Å². The highest BCUT2D eigenvalue weighted by molar-refractivity contribution is 6.62. The van der Waals surface area contributed by atoms with Gasteiger partial charge in [0.05, 0.1) is 34.9 Å². The van der Waals surface area contributed by atoms with Crippen LogP contribution in [-0.4, -0.2) is 36.3 Å². The van der Waals surface area contributed by atoms with Crippen molar-refractivity contribution in [1.29, 1.82) is 0 Å². The van der Waals surface area contributed by atoms with Crippen molar-refractivity contribution in [3.05, 3.63) is 64.1 Å². The van der Waals surface area contributed by atoms with Crippen LogP contribution in [0.15, 0.2) is 47.4 Å². The third kappa shape index (κ3) is 3.38. The molecule has 0 unspecified atom stereocenters. The molecule has 1 aliphatic heterocycles. The molecule has 1 saturated heterocycles. The van der Waals surface area contributed by atoms with Gasteiger partial charge in [-0.3, -0.25) is 14.2 Å². The van der Waals surface area contributed by atoms with Crippen LogP contribution in [-0.2, 0) is 9.31 Å². The molecule has 1 aromatic heterocycles. The molecular formula is C24H26BNO5. The number of fused-ring (bicyclic) bond motifs is 1. The van der Waals surface area contributed by atoms with E-state index in [1.54, 1.807) is 22.9 Å². The topological polar surface area (TPSA) is 66.8 Å². The number of hydrogen-bond donors (Lipinski definition) is 0. The minimum Gasteiger partial charge on any atom is -0.496 e. The molecule has 0 saturated carbocycles. The van der Waals surface area contributed by atoms with Gasteiger partial charge in [0, 0.05) is 6.20 Å². The van der Waals surface area contributed by atoms with E-state index in [1.165, 1.54) is 7.11 Å². The summed E-state index contributed by atoms with van der Waals surface area (Å²) in [4.78, 5) is 24.7. The molecule has 3 aromatic rings. The monoisotopic (exact) mass is 419 g/mol. The maximum absolute atomic E-state index is 13.3. The van der Waals surface area contributed by atoms with Crippen molar-refractivity contribution in [3.63, 3.8) is 0 Å². The Bertz CT molecular complexity index is 1230. The molecule has 0 aliphatic carbocycles. The van der Waals surface area contributed by atoms with Gasteiger partial charge in [0.2, 0.25) is 0 Å². The quantitative estimate of drug-likeness (QED) is 0.479. The summed E-state index contributed by atoms with van der Waals surface area (Å²) < 4.78 is 19.3. The first kappa shape index (κ1) is 21.3. The summed E-state index contributed by atoms with van der Waals surface area (Å²) >= 11 is 0. The average Bonchev–Trinajstić information content (AvgIpc) is 2.95. The summed E-state index contributed by atoms with van der Waals surface area (Å²) in [6.45, 7) is 10.0. The summed E-state index contributed by atoms with van der Waals surface area (Å²) in [6, 6.07) is 10.9. The van der Waals surface area contributed by atoms with Crippen molar-refractivity contribution >= 4 is 29.6 Å². The number of nitrogens with zero attached hydrogens (tertiary/aromatic N) is 1. The Labute approximate surface area is 181 Å². The van der Waals surface area contributed by atoms with Gasteiger partial charge in [-0.25, -0.2) is 0 Å². The van der Waals surface area contributed by atoms with Crippen LogP contribution in [0, 0.1) is 6.92 Å². The van der Waals surface area contributed by atoms with Gasteiger partial charge in [0.25, 0.3) is 5.56 Å². The average molecular weight is 419 g/mol.